The Hall–Kier alpha value is -2.06. The van der Waals surface area contributed by atoms with Crippen LogP contribution in [-0.2, 0) is 13.1 Å². The van der Waals surface area contributed by atoms with Crippen LogP contribution in [0.3, 0.4) is 0 Å². The van der Waals surface area contributed by atoms with E-state index in [1.165, 1.54) is 21.9 Å². The van der Waals surface area contributed by atoms with E-state index in [9.17, 15) is 0 Å². The third-order valence-corrected chi connectivity index (χ3v) is 3.05. The molecule has 0 saturated carbocycles. The Balaban J connectivity index is 1.67. The van der Waals surface area contributed by atoms with Gasteiger partial charge in [0.15, 0.2) is 0 Å². The topological polar surface area (TPSA) is 25.2 Å². The lowest BCUT2D eigenvalue weighted by atomic mass is 10.1. The minimum Gasteiger partial charge on any atom is -0.472 e. The van der Waals surface area contributed by atoms with E-state index < -0.39 is 0 Å². The van der Waals surface area contributed by atoms with Crippen LogP contribution in [0.5, 0.6) is 0 Å². The standard InChI is InChI=1S/C16H15NO/c1-2-4-16-9-13(5-6-15(16)3-1)10-17-11-14-7-8-18-12-14/h1-9,12,17H,10-11H2. The highest BCUT2D eigenvalue weighted by molar-refractivity contribution is 5.82. The zero-order valence-electron chi connectivity index (χ0n) is 10.1. The molecular formula is C16H15NO. The molecule has 18 heavy (non-hydrogen) atoms. The average Bonchev–Trinajstić information content (AvgIpc) is 2.92. The predicted octanol–water partition coefficient (Wildman–Crippen LogP) is 3.72. The normalized spacial score (nSPS) is 10.9. The fourth-order valence-corrected chi connectivity index (χ4v) is 2.09. The molecule has 0 fully saturated rings. The van der Waals surface area contributed by atoms with Crippen LogP contribution in [0.2, 0.25) is 0 Å². The molecule has 0 aliphatic rings. The summed E-state index contributed by atoms with van der Waals surface area (Å²) >= 11 is 0. The molecule has 2 aromatic carbocycles. The molecule has 0 aliphatic carbocycles. The van der Waals surface area contributed by atoms with Crippen LogP contribution in [0, 0.1) is 0 Å². The fraction of sp³-hybridized carbons (Fsp3) is 0.125. The van der Waals surface area contributed by atoms with Crippen molar-refractivity contribution >= 4 is 10.8 Å². The maximum absolute atomic E-state index is 5.03. The number of benzene rings is 2. The van der Waals surface area contributed by atoms with E-state index in [0.717, 1.165) is 13.1 Å². The molecule has 0 spiro atoms. The first kappa shape index (κ1) is 11.1. The van der Waals surface area contributed by atoms with Gasteiger partial charge in [0.25, 0.3) is 0 Å². The molecule has 0 bridgehead atoms. The van der Waals surface area contributed by atoms with E-state index in [-0.39, 0.29) is 0 Å². The summed E-state index contributed by atoms with van der Waals surface area (Å²) < 4.78 is 5.03. The molecule has 0 saturated heterocycles. The van der Waals surface area contributed by atoms with Crippen LogP contribution in [0.15, 0.2) is 65.5 Å². The van der Waals surface area contributed by atoms with Crippen molar-refractivity contribution in [2.45, 2.75) is 13.1 Å². The van der Waals surface area contributed by atoms with E-state index in [1.54, 1.807) is 12.5 Å². The molecule has 1 heterocycles. The molecule has 3 aromatic rings. The van der Waals surface area contributed by atoms with Gasteiger partial charge in [0, 0.05) is 18.7 Å². The lowest BCUT2D eigenvalue weighted by Gasteiger charge is -2.05. The zero-order valence-corrected chi connectivity index (χ0v) is 10.1. The highest BCUT2D eigenvalue weighted by atomic mass is 16.3. The fourth-order valence-electron chi connectivity index (χ4n) is 2.09. The summed E-state index contributed by atoms with van der Waals surface area (Å²) in [6.07, 6.45) is 3.47. The van der Waals surface area contributed by atoms with Crippen molar-refractivity contribution in [3.8, 4) is 0 Å². The van der Waals surface area contributed by atoms with E-state index in [1.807, 2.05) is 6.07 Å². The molecule has 90 valence electrons. The van der Waals surface area contributed by atoms with Gasteiger partial charge in [0.1, 0.15) is 0 Å². The van der Waals surface area contributed by atoms with Crippen LogP contribution in [-0.4, -0.2) is 0 Å². The van der Waals surface area contributed by atoms with Gasteiger partial charge < -0.3 is 9.73 Å². The minimum atomic E-state index is 0.837. The smallest absolute Gasteiger partial charge is 0.0947 e. The largest absolute Gasteiger partial charge is 0.472 e. The second-order valence-corrected chi connectivity index (χ2v) is 4.42. The van der Waals surface area contributed by atoms with Gasteiger partial charge in [0.05, 0.1) is 12.5 Å². The molecule has 1 aromatic heterocycles. The predicted molar refractivity (Wildman–Crippen MR) is 73.2 cm³/mol. The summed E-state index contributed by atoms with van der Waals surface area (Å²) in [5.41, 5.74) is 2.48. The molecule has 0 unspecified atom stereocenters. The Kier molecular flexibility index (Phi) is 3.11. The van der Waals surface area contributed by atoms with Crippen molar-refractivity contribution < 1.29 is 4.42 Å². The van der Waals surface area contributed by atoms with Crippen molar-refractivity contribution in [1.29, 1.82) is 0 Å². The van der Waals surface area contributed by atoms with E-state index in [0.29, 0.717) is 0 Å². The quantitative estimate of drug-likeness (QED) is 0.748. The SMILES string of the molecule is c1ccc2cc(CNCc3ccoc3)ccc2c1. The number of rotatable bonds is 4. The summed E-state index contributed by atoms with van der Waals surface area (Å²) in [5.74, 6) is 0. The maximum atomic E-state index is 5.03. The molecule has 0 radical (unpaired) electrons. The monoisotopic (exact) mass is 237 g/mol. The van der Waals surface area contributed by atoms with Crippen molar-refractivity contribution in [2.75, 3.05) is 0 Å². The zero-order chi connectivity index (χ0) is 12.2. The number of nitrogens with one attached hydrogen (secondary N) is 1. The van der Waals surface area contributed by atoms with Gasteiger partial charge >= 0.3 is 0 Å². The van der Waals surface area contributed by atoms with Crippen molar-refractivity contribution in [3.63, 3.8) is 0 Å². The molecule has 1 N–H and O–H groups in total. The number of hydrogen-bond acceptors (Lipinski definition) is 2. The van der Waals surface area contributed by atoms with Gasteiger partial charge in [-0.1, -0.05) is 36.4 Å². The maximum Gasteiger partial charge on any atom is 0.0947 e. The van der Waals surface area contributed by atoms with Crippen molar-refractivity contribution in [3.05, 3.63) is 72.2 Å². The Morgan fingerprint density at radius 3 is 2.50 bits per heavy atom. The first-order valence-corrected chi connectivity index (χ1v) is 6.11. The summed E-state index contributed by atoms with van der Waals surface area (Å²) in [5, 5.41) is 5.99. The van der Waals surface area contributed by atoms with Gasteiger partial charge in [0.2, 0.25) is 0 Å². The second-order valence-electron chi connectivity index (χ2n) is 4.42. The van der Waals surface area contributed by atoms with Gasteiger partial charge in [-0.2, -0.15) is 0 Å². The molecule has 0 aliphatic heterocycles. The summed E-state index contributed by atoms with van der Waals surface area (Å²) in [6.45, 7) is 1.71. The molecule has 3 rings (SSSR count). The molecule has 2 nitrogen and oxygen atoms in total. The Morgan fingerprint density at radius 1 is 0.833 bits per heavy atom. The summed E-state index contributed by atoms with van der Waals surface area (Å²) in [4.78, 5) is 0. The van der Waals surface area contributed by atoms with Crippen LogP contribution < -0.4 is 5.32 Å². The van der Waals surface area contributed by atoms with Crippen molar-refractivity contribution in [2.24, 2.45) is 0 Å². The molecule has 0 atom stereocenters. The number of fused-ring (bicyclic) bond motifs is 1. The van der Waals surface area contributed by atoms with Crippen LogP contribution >= 0.6 is 0 Å². The van der Waals surface area contributed by atoms with Gasteiger partial charge in [-0.05, 0) is 28.5 Å². The molecule has 0 amide bonds. The Morgan fingerprint density at radius 2 is 1.67 bits per heavy atom. The average molecular weight is 237 g/mol. The highest BCUT2D eigenvalue weighted by Crippen LogP contribution is 2.15. The summed E-state index contributed by atoms with van der Waals surface area (Å²) in [7, 11) is 0. The third-order valence-electron chi connectivity index (χ3n) is 3.05. The first-order chi connectivity index (χ1) is 8.92. The second kappa shape index (κ2) is 5.07. The van der Waals surface area contributed by atoms with Crippen molar-refractivity contribution in [1.82, 2.24) is 5.32 Å². The molecular weight excluding hydrogens is 222 g/mol. The van der Waals surface area contributed by atoms with Gasteiger partial charge in [-0.3, -0.25) is 0 Å². The third kappa shape index (κ3) is 2.44. The van der Waals surface area contributed by atoms with Crippen LogP contribution in [0.25, 0.3) is 10.8 Å². The Bertz CT molecular complexity index is 628. The van der Waals surface area contributed by atoms with Crippen LogP contribution in [0.4, 0.5) is 0 Å². The Labute approximate surface area is 106 Å². The van der Waals surface area contributed by atoms with E-state index >= 15 is 0 Å². The number of furan rings is 1. The lowest BCUT2D eigenvalue weighted by Crippen LogP contribution is -2.11. The lowest BCUT2D eigenvalue weighted by molar-refractivity contribution is 0.560. The van der Waals surface area contributed by atoms with Gasteiger partial charge in [-0.25, -0.2) is 0 Å². The van der Waals surface area contributed by atoms with Crippen LogP contribution in [0.1, 0.15) is 11.1 Å². The number of hydrogen-bond donors (Lipinski definition) is 1. The minimum absolute atomic E-state index is 0.837. The highest BCUT2D eigenvalue weighted by Gasteiger charge is 1.97. The van der Waals surface area contributed by atoms with Gasteiger partial charge in [-0.15, -0.1) is 0 Å². The van der Waals surface area contributed by atoms with E-state index in [2.05, 4.69) is 47.8 Å². The summed E-state index contributed by atoms with van der Waals surface area (Å²) in [6, 6.07) is 17.0. The van der Waals surface area contributed by atoms with E-state index in [4.69, 9.17) is 4.42 Å². The molecule has 2 heteroatoms. The first-order valence-electron chi connectivity index (χ1n) is 6.11.